The zero-order chi connectivity index (χ0) is 12.8. The highest BCUT2D eigenvalue weighted by Crippen LogP contribution is 2.17. The van der Waals surface area contributed by atoms with Crippen molar-refractivity contribution in [3.05, 3.63) is 36.0 Å². The summed E-state index contributed by atoms with van der Waals surface area (Å²) in [5, 5.41) is 13.6. The number of H-pyrrole nitrogens is 1. The van der Waals surface area contributed by atoms with E-state index < -0.39 is 0 Å². The second-order valence-corrected chi connectivity index (χ2v) is 4.83. The second kappa shape index (κ2) is 6.57. The van der Waals surface area contributed by atoms with Gasteiger partial charge in [0.1, 0.15) is 0 Å². The van der Waals surface area contributed by atoms with Gasteiger partial charge in [-0.15, -0.1) is 0 Å². The minimum Gasteiger partial charge on any atom is -0.396 e. The highest BCUT2D eigenvalue weighted by atomic mass is 16.2. The maximum Gasteiger partial charge on any atom is 0.0456 e. The average Bonchev–Trinajstić information content (AvgIpc) is 2.80. The molecule has 1 aromatic heterocycles. The molecule has 0 saturated heterocycles. The van der Waals surface area contributed by atoms with Gasteiger partial charge in [-0.25, -0.2) is 0 Å². The molecule has 1 heterocycles. The smallest absolute Gasteiger partial charge is 0.0456 e. The molecule has 0 bridgehead atoms. The lowest BCUT2D eigenvalue weighted by Gasteiger charge is -2.12. The van der Waals surface area contributed by atoms with Crippen LogP contribution in [0.4, 0.5) is 0 Å². The Morgan fingerprint density at radius 1 is 1.33 bits per heavy atom. The first-order valence-corrected chi connectivity index (χ1v) is 6.70. The summed E-state index contributed by atoms with van der Waals surface area (Å²) in [6, 6.07) is 8.88. The lowest BCUT2D eigenvalue weighted by molar-refractivity contribution is 0.276. The quantitative estimate of drug-likeness (QED) is 0.703. The van der Waals surface area contributed by atoms with Crippen LogP contribution in [-0.4, -0.2) is 29.3 Å². The molecular formula is C15H22N2O. The first kappa shape index (κ1) is 13.1. The molecule has 1 atom stereocenters. The van der Waals surface area contributed by atoms with Gasteiger partial charge in [0.25, 0.3) is 0 Å². The molecular weight excluding hydrogens is 224 g/mol. The van der Waals surface area contributed by atoms with Crippen LogP contribution in [0.15, 0.2) is 30.5 Å². The van der Waals surface area contributed by atoms with Gasteiger partial charge >= 0.3 is 0 Å². The Labute approximate surface area is 108 Å². The van der Waals surface area contributed by atoms with Crippen LogP contribution in [0, 0.1) is 0 Å². The van der Waals surface area contributed by atoms with E-state index >= 15 is 0 Å². The maximum atomic E-state index is 8.78. The predicted molar refractivity (Wildman–Crippen MR) is 75.8 cm³/mol. The van der Waals surface area contributed by atoms with E-state index in [9.17, 15) is 0 Å². The summed E-state index contributed by atoms with van der Waals surface area (Å²) in [6.07, 6.45) is 5.05. The van der Waals surface area contributed by atoms with Gasteiger partial charge < -0.3 is 15.4 Å². The fourth-order valence-electron chi connectivity index (χ4n) is 2.29. The van der Waals surface area contributed by atoms with Crippen molar-refractivity contribution in [2.45, 2.75) is 32.2 Å². The summed E-state index contributed by atoms with van der Waals surface area (Å²) < 4.78 is 0. The monoisotopic (exact) mass is 246 g/mol. The van der Waals surface area contributed by atoms with E-state index in [1.54, 1.807) is 0 Å². The number of aromatic amines is 1. The molecule has 1 aromatic carbocycles. The number of benzene rings is 1. The van der Waals surface area contributed by atoms with Crippen LogP contribution in [0.2, 0.25) is 0 Å². The van der Waals surface area contributed by atoms with Crippen LogP contribution >= 0.6 is 0 Å². The Balaban J connectivity index is 1.83. The number of aliphatic hydroxyl groups excluding tert-OH is 1. The van der Waals surface area contributed by atoms with E-state index in [1.165, 1.54) is 16.5 Å². The van der Waals surface area contributed by atoms with Crippen LogP contribution in [0.1, 0.15) is 25.3 Å². The third-order valence-electron chi connectivity index (χ3n) is 3.36. The van der Waals surface area contributed by atoms with Crippen molar-refractivity contribution in [2.75, 3.05) is 13.2 Å². The van der Waals surface area contributed by atoms with Gasteiger partial charge in [-0.3, -0.25) is 0 Å². The topological polar surface area (TPSA) is 48.0 Å². The van der Waals surface area contributed by atoms with Crippen molar-refractivity contribution in [1.29, 1.82) is 0 Å². The molecule has 2 aromatic rings. The Kier molecular flexibility index (Phi) is 4.79. The van der Waals surface area contributed by atoms with Crippen LogP contribution in [0.3, 0.4) is 0 Å². The summed E-state index contributed by atoms with van der Waals surface area (Å²) in [5.41, 5.74) is 2.58. The highest BCUT2D eigenvalue weighted by Gasteiger charge is 2.04. The van der Waals surface area contributed by atoms with Gasteiger partial charge in [0.05, 0.1) is 0 Å². The summed E-state index contributed by atoms with van der Waals surface area (Å²) in [6.45, 7) is 3.44. The fourth-order valence-corrected chi connectivity index (χ4v) is 2.29. The predicted octanol–water partition coefficient (Wildman–Crippen LogP) is 2.46. The summed E-state index contributed by atoms with van der Waals surface area (Å²) >= 11 is 0. The molecule has 0 amide bonds. The number of rotatable bonds is 7. The molecule has 0 unspecified atom stereocenters. The van der Waals surface area contributed by atoms with Crippen molar-refractivity contribution in [2.24, 2.45) is 0 Å². The second-order valence-electron chi connectivity index (χ2n) is 4.83. The fraction of sp³-hybridized carbons (Fsp3) is 0.467. The third kappa shape index (κ3) is 3.34. The number of fused-ring (bicyclic) bond motifs is 1. The summed E-state index contributed by atoms with van der Waals surface area (Å²) in [4.78, 5) is 3.30. The van der Waals surface area contributed by atoms with Crippen molar-refractivity contribution in [3.8, 4) is 0 Å². The van der Waals surface area contributed by atoms with E-state index in [2.05, 4.69) is 47.7 Å². The summed E-state index contributed by atoms with van der Waals surface area (Å²) in [7, 11) is 0. The Morgan fingerprint density at radius 2 is 2.17 bits per heavy atom. The molecule has 0 aliphatic rings. The molecule has 98 valence electrons. The molecule has 3 heteroatoms. The van der Waals surface area contributed by atoms with Crippen LogP contribution in [-0.2, 0) is 6.42 Å². The van der Waals surface area contributed by atoms with Crippen molar-refractivity contribution >= 4 is 10.9 Å². The van der Waals surface area contributed by atoms with Crippen LogP contribution in [0.25, 0.3) is 10.9 Å². The number of hydrogen-bond donors (Lipinski definition) is 3. The van der Waals surface area contributed by atoms with Gasteiger partial charge in [-0.2, -0.15) is 0 Å². The first-order valence-electron chi connectivity index (χ1n) is 6.70. The van der Waals surface area contributed by atoms with E-state index in [0.29, 0.717) is 6.04 Å². The van der Waals surface area contributed by atoms with Gasteiger partial charge in [-0.1, -0.05) is 18.2 Å². The summed E-state index contributed by atoms with van der Waals surface area (Å²) in [5.74, 6) is 0. The highest BCUT2D eigenvalue weighted by molar-refractivity contribution is 5.83. The minimum atomic E-state index is 0.286. The zero-order valence-electron chi connectivity index (χ0n) is 10.9. The van der Waals surface area contributed by atoms with Crippen LogP contribution < -0.4 is 5.32 Å². The van der Waals surface area contributed by atoms with Crippen LogP contribution in [0.5, 0.6) is 0 Å². The third-order valence-corrected chi connectivity index (χ3v) is 3.36. The van der Waals surface area contributed by atoms with Gasteiger partial charge in [0, 0.05) is 29.7 Å². The SMILES string of the molecule is C[C@H](CCCO)NCCc1c[nH]c2ccccc12. The van der Waals surface area contributed by atoms with E-state index in [1.807, 2.05) is 0 Å². The maximum absolute atomic E-state index is 8.78. The molecule has 0 radical (unpaired) electrons. The van der Waals surface area contributed by atoms with Crippen molar-refractivity contribution in [1.82, 2.24) is 10.3 Å². The molecule has 0 saturated carbocycles. The average molecular weight is 246 g/mol. The lowest BCUT2D eigenvalue weighted by Crippen LogP contribution is -2.28. The lowest BCUT2D eigenvalue weighted by atomic mass is 10.1. The van der Waals surface area contributed by atoms with Gasteiger partial charge in [0.15, 0.2) is 0 Å². The number of aliphatic hydroxyl groups is 1. The molecule has 3 N–H and O–H groups in total. The molecule has 2 rings (SSSR count). The number of aromatic nitrogens is 1. The number of para-hydroxylation sites is 1. The van der Waals surface area contributed by atoms with E-state index in [4.69, 9.17) is 5.11 Å². The first-order chi connectivity index (χ1) is 8.81. The molecule has 0 spiro atoms. The normalized spacial score (nSPS) is 13.0. The largest absolute Gasteiger partial charge is 0.396 e. The minimum absolute atomic E-state index is 0.286. The number of hydrogen-bond acceptors (Lipinski definition) is 2. The molecule has 3 nitrogen and oxygen atoms in total. The van der Waals surface area contributed by atoms with E-state index in [0.717, 1.165) is 25.8 Å². The Hall–Kier alpha value is -1.32. The molecule has 0 aliphatic heterocycles. The van der Waals surface area contributed by atoms with Gasteiger partial charge in [-0.05, 0) is 44.4 Å². The molecule has 0 fully saturated rings. The number of nitrogens with one attached hydrogen (secondary N) is 2. The zero-order valence-corrected chi connectivity index (χ0v) is 10.9. The Morgan fingerprint density at radius 3 is 3.00 bits per heavy atom. The van der Waals surface area contributed by atoms with E-state index in [-0.39, 0.29) is 6.61 Å². The van der Waals surface area contributed by atoms with Crippen molar-refractivity contribution in [3.63, 3.8) is 0 Å². The molecule has 18 heavy (non-hydrogen) atoms. The van der Waals surface area contributed by atoms with Crippen molar-refractivity contribution < 1.29 is 5.11 Å². The standard InChI is InChI=1S/C15H22N2O/c1-12(5-4-10-18)16-9-8-13-11-17-15-7-3-2-6-14(13)15/h2-3,6-7,11-12,16-18H,4-5,8-10H2,1H3/t12-/m1/s1. The van der Waals surface area contributed by atoms with Gasteiger partial charge in [0.2, 0.25) is 0 Å². The molecule has 0 aliphatic carbocycles. The Bertz CT molecular complexity index is 478.